The highest BCUT2D eigenvalue weighted by Crippen LogP contribution is 2.11. The van der Waals surface area contributed by atoms with Crippen molar-refractivity contribution in [1.82, 2.24) is 9.78 Å². The lowest BCUT2D eigenvalue weighted by Crippen LogP contribution is -2.05. The molecule has 0 amide bonds. The predicted octanol–water partition coefficient (Wildman–Crippen LogP) is 1.84. The van der Waals surface area contributed by atoms with Gasteiger partial charge in [-0.15, -0.1) is 0 Å². The molecule has 0 aliphatic rings. The minimum atomic E-state index is 0.700. The number of anilines is 1. The van der Waals surface area contributed by atoms with Crippen LogP contribution in [0.1, 0.15) is 16.8 Å². The van der Waals surface area contributed by atoms with Crippen LogP contribution in [0.5, 0.6) is 0 Å². The fourth-order valence-electron chi connectivity index (χ4n) is 1.96. The second-order valence-corrected chi connectivity index (χ2v) is 4.50. The average Bonchev–Trinajstić information content (AvgIpc) is 2.67. The van der Waals surface area contributed by atoms with Crippen molar-refractivity contribution >= 4 is 5.82 Å². The lowest BCUT2D eigenvalue weighted by Gasteiger charge is -2.07. The van der Waals surface area contributed by atoms with Gasteiger partial charge in [0, 0.05) is 19.7 Å². The van der Waals surface area contributed by atoms with Gasteiger partial charge < -0.3 is 11.1 Å². The summed E-state index contributed by atoms with van der Waals surface area (Å²) >= 11 is 0. The standard InChI is InChI=1S/C14H20N4/c1-11-9-14(18(2)17-11)16-10-13-5-3-12(4-6-13)7-8-15/h3-6,9,16H,7-8,10,15H2,1-2H3. The van der Waals surface area contributed by atoms with Crippen LogP contribution < -0.4 is 11.1 Å². The Morgan fingerprint density at radius 3 is 2.44 bits per heavy atom. The maximum Gasteiger partial charge on any atom is 0.124 e. The largest absolute Gasteiger partial charge is 0.366 e. The van der Waals surface area contributed by atoms with Crippen molar-refractivity contribution in [3.8, 4) is 0 Å². The summed E-state index contributed by atoms with van der Waals surface area (Å²) in [4.78, 5) is 0. The first kappa shape index (κ1) is 12.6. The van der Waals surface area contributed by atoms with E-state index in [0.29, 0.717) is 6.54 Å². The van der Waals surface area contributed by atoms with Crippen LogP contribution >= 0.6 is 0 Å². The van der Waals surface area contributed by atoms with Crippen LogP contribution in [0.15, 0.2) is 30.3 Å². The molecule has 0 radical (unpaired) electrons. The van der Waals surface area contributed by atoms with Crippen molar-refractivity contribution in [2.45, 2.75) is 19.9 Å². The molecule has 0 aliphatic carbocycles. The maximum atomic E-state index is 5.53. The van der Waals surface area contributed by atoms with Crippen LogP contribution in [0.4, 0.5) is 5.82 Å². The Bertz CT molecular complexity index is 499. The number of benzene rings is 1. The fourth-order valence-corrected chi connectivity index (χ4v) is 1.96. The van der Waals surface area contributed by atoms with E-state index in [0.717, 1.165) is 24.5 Å². The van der Waals surface area contributed by atoms with E-state index in [4.69, 9.17) is 5.73 Å². The van der Waals surface area contributed by atoms with E-state index < -0.39 is 0 Å². The van der Waals surface area contributed by atoms with Gasteiger partial charge in [0.15, 0.2) is 0 Å². The third-order valence-corrected chi connectivity index (χ3v) is 2.93. The lowest BCUT2D eigenvalue weighted by molar-refractivity contribution is 0.758. The van der Waals surface area contributed by atoms with E-state index in [-0.39, 0.29) is 0 Å². The second-order valence-electron chi connectivity index (χ2n) is 4.50. The van der Waals surface area contributed by atoms with Gasteiger partial charge in [-0.2, -0.15) is 5.10 Å². The van der Waals surface area contributed by atoms with E-state index in [9.17, 15) is 0 Å². The van der Waals surface area contributed by atoms with Gasteiger partial charge in [0.2, 0.25) is 0 Å². The van der Waals surface area contributed by atoms with Crippen LogP contribution in [-0.4, -0.2) is 16.3 Å². The number of nitrogens with two attached hydrogens (primary N) is 1. The molecule has 18 heavy (non-hydrogen) atoms. The molecule has 1 aromatic carbocycles. The monoisotopic (exact) mass is 244 g/mol. The molecule has 96 valence electrons. The van der Waals surface area contributed by atoms with Gasteiger partial charge in [0.05, 0.1) is 5.69 Å². The van der Waals surface area contributed by atoms with Gasteiger partial charge in [0.25, 0.3) is 0 Å². The third kappa shape index (κ3) is 3.11. The molecule has 4 nitrogen and oxygen atoms in total. The molecule has 0 unspecified atom stereocenters. The SMILES string of the molecule is Cc1cc(NCc2ccc(CCN)cc2)n(C)n1. The van der Waals surface area contributed by atoms with Crippen molar-refractivity contribution in [2.24, 2.45) is 12.8 Å². The Morgan fingerprint density at radius 1 is 1.22 bits per heavy atom. The summed E-state index contributed by atoms with van der Waals surface area (Å²) in [7, 11) is 1.94. The number of nitrogens with one attached hydrogen (secondary N) is 1. The van der Waals surface area contributed by atoms with Crippen molar-refractivity contribution in [2.75, 3.05) is 11.9 Å². The van der Waals surface area contributed by atoms with Crippen molar-refractivity contribution in [3.05, 3.63) is 47.2 Å². The minimum absolute atomic E-state index is 0.700. The summed E-state index contributed by atoms with van der Waals surface area (Å²) in [6.45, 7) is 3.50. The first-order valence-electron chi connectivity index (χ1n) is 6.21. The van der Waals surface area contributed by atoms with Crippen LogP contribution in [0.2, 0.25) is 0 Å². The third-order valence-electron chi connectivity index (χ3n) is 2.93. The fraction of sp³-hybridized carbons (Fsp3) is 0.357. The number of nitrogens with zero attached hydrogens (tertiary/aromatic N) is 2. The Kier molecular flexibility index (Phi) is 3.99. The molecule has 0 fully saturated rings. The topological polar surface area (TPSA) is 55.9 Å². The lowest BCUT2D eigenvalue weighted by atomic mass is 10.1. The van der Waals surface area contributed by atoms with Crippen LogP contribution in [0.25, 0.3) is 0 Å². The molecule has 0 saturated carbocycles. The van der Waals surface area contributed by atoms with Gasteiger partial charge in [-0.1, -0.05) is 24.3 Å². The molecule has 0 atom stereocenters. The molecule has 4 heteroatoms. The molecule has 0 spiro atoms. The van der Waals surface area contributed by atoms with Crippen LogP contribution in [0, 0.1) is 6.92 Å². The molecule has 2 rings (SSSR count). The quantitative estimate of drug-likeness (QED) is 0.844. The summed E-state index contributed by atoms with van der Waals surface area (Å²) in [5.41, 5.74) is 9.10. The van der Waals surface area contributed by atoms with E-state index in [1.165, 1.54) is 11.1 Å². The summed E-state index contributed by atoms with van der Waals surface area (Å²) in [6, 6.07) is 10.6. The van der Waals surface area contributed by atoms with Crippen LogP contribution in [0.3, 0.4) is 0 Å². The Hall–Kier alpha value is -1.81. The summed E-state index contributed by atoms with van der Waals surface area (Å²) in [6.07, 6.45) is 0.939. The zero-order chi connectivity index (χ0) is 13.0. The molecule has 1 heterocycles. The van der Waals surface area contributed by atoms with Gasteiger partial charge in [0.1, 0.15) is 5.82 Å². The number of hydrogen-bond donors (Lipinski definition) is 2. The summed E-state index contributed by atoms with van der Waals surface area (Å²) in [5.74, 6) is 1.04. The molecule has 0 saturated heterocycles. The van der Waals surface area contributed by atoms with E-state index >= 15 is 0 Å². The smallest absolute Gasteiger partial charge is 0.124 e. The highest BCUT2D eigenvalue weighted by Gasteiger charge is 2.01. The number of hydrogen-bond acceptors (Lipinski definition) is 3. The molecule has 1 aromatic heterocycles. The highest BCUT2D eigenvalue weighted by atomic mass is 15.3. The maximum absolute atomic E-state index is 5.53. The van der Waals surface area contributed by atoms with E-state index in [2.05, 4.69) is 34.7 Å². The molecular weight excluding hydrogens is 224 g/mol. The number of aromatic nitrogens is 2. The van der Waals surface area contributed by atoms with Gasteiger partial charge in [-0.05, 0) is 31.0 Å². The Labute approximate surface area is 108 Å². The summed E-state index contributed by atoms with van der Waals surface area (Å²) < 4.78 is 1.86. The molecule has 0 aliphatic heterocycles. The van der Waals surface area contributed by atoms with Gasteiger partial charge in [-0.25, -0.2) is 0 Å². The van der Waals surface area contributed by atoms with Crippen molar-refractivity contribution in [3.63, 3.8) is 0 Å². The average molecular weight is 244 g/mol. The normalized spacial score (nSPS) is 10.6. The predicted molar refractivity (Wildman–Crippen MR) is 74.5 cm³/mol. The zero-order valence-corrected chi connectivity index (χ0v) is 11.0. The Balaban J connectivity index is 1.95. The minimum Gasteiger partial charge on any atom is -0.366 e. The molecule has 3 N–H and O–H groups in total. The second kappa shape index (κ2) is 5.69. The van der Waals surface area contributed by atoms with Crippen molar-refractivity contribution < 1.29 is 0 Å². The number of aryl methyl sites for hydroxylation is 2. The summed E-state index contributed by atoms with van der Waals surface area (Å²) in [5, 5.41) is 7.68. The van der Waals surface area contributed by atoms with Gasteiger partial charge >= 0.3 is 0 Å². The molecular formula is C14H20N4. The van der Waals surface area contributed by atoms with E-state index in [1.54, 1.807) is 0 Å². The molecule has 0 bridgehead atoms. The van der Waals surface area contributed by atoms with Gasteiger partial charge in [-0.3, -0.25) is 4.68 Å². The number of rotatable bonds is 5. The zero-order valence-electron chi connectivity index (χ0n) is 11.0. The van der Waals surface area contributed by atoms with Crippen LogP contribution in [-0.2, 0) is 20.0 Å². The first-order chi connectivity index (χ1) is 8.69. The molecule has 2 aromatic rings. The highest BCUT2D eigenvalue weighted by molar-refractivity contribution is 5.38. The first-order valence-corrected chi connectivity index (χ1v) is 6.21. The Morgan fingerprint density at radius 2 is 1.89 bits per heavy atom. The van der Waals surface area contributed by atoms with E-state index in [1.807, 2.05) is 24.7 Å². The van der Waals surface area contributed by atoms with Crippen molar-refractivity contribution in [1.29, 1.82) is 0 Å².